The minimum atomic E-state index is -1.06. The molecule has 3 rings (SSSR count). The van der Waals surface area contributed by atoms with Crippen molar-refractivity contribution < 1.29 is 19.7 Å². The van der Waals surface area contributed by atoms with Crippen molar-refractivity contribution in [2.24, 2.45) is 0 Å². The maximum absolute atomic E-state index is 12.8. The first-order valence-electron chi connectivity index (χ1n) is 9.45. The first-order valence-corrected chi connectivity index (χ1v) is 9.45. The Kier molecular flexibility index (Phi) is 6.48. The summed E-state index contributed by atoms with van der Waals surface area (Å²) in [5.41, 5.74) is 0.876. The predicted molar refractivity (Wildman–Crippen MR) is 103 cm³/mol. The van der Waals surface area contributed by atoms with Gasteiger partial charge in [-0.1, -0.05) is 48.5 Å². The summed E-state index contributed by atoms with van der Waals surface area (Å²) >= 11 is 0. The molecule has 2 N–H and O–H groups in total. The lowest BCUT2D eigenvalue weighted by molar-refractivity contribution is -0.130. The molecule has 1 aliphatic rings. The van der Waals surface area contributed by atoms with E-state index in [4.69, 9.17) is 4.74 Å². The quantitative estimate of drug-likeness (QED) is 0.821. The molecule has 0 bridgehead atoms. The van der Waals surface area contributed by atoms with E-state index in [0.29, 0.717) is 39.0 Å². The average Bonchev–Trinajstić information content (AvgIpc) is 2.90. The maximum Gasteiger partial charge on any atom is 0.227 e. The van der Waals surface area contributed by atoms with Crippen molar-refractivity contribution in [1.29, 1.82) is 0 Å². The number of aliphatic hydroxyl groups excluding tert-OH is 1. The normalized spacial score (nSPS) is 20.1. The van der Waals surface area contributed by atoms with E-state index >= 15 is 0 Å². The molecule has 1 heterocycles. The van der Waals surface area contributed by atoms with Crippen LogP contribution in [0.15, 0.2) is 54.6 Å². The number of hydrogen-bond donors (Lipinski definition) is 2. The minimum absolute atomic E-state index is 0.0213. The third kappa shape index (κ3) is 5.31. The van der Waals surface area contributed by atoms with Crippen LogP contribution in [0.5, 0.6) is 5.75 Å². The SMILES string of the molecule is O=C(Cc1ccccc1OCc1ccccc1)N1CCC[C@](O)(CO)CC1. The van der Waals surface area contributed by atoms with E-state index in [1.165, 1.54) is 0 Å². The summed E-state index contributed by atoms with van der Waals surface area (Å²) in [5, 5.41) is 19.6. The highest BCUT2D eigenvalue weighted by Crippen LogP contribution is 2.24. The number of para-hydroxylation sites is 1. The van der Waals surface area contributed by atoms with Gasteiger partial charge in [-0.05, 0) is 30.9 Å². The largest absolute Gasteiger partial charge is 0.489 e. The first-order chi connectivity index (χ1) is 13.1. The second kappa shape index (κ2) is 9.02. The van der Waals surface area contributed by atoms with Gasteiger partial charge in [0.15, 0.2) is 0 Å². The van der Waals surface area contributed by atoms with Crippen LogP contribution in [-0.4, -0.2) is 46.3 Å². The Bertz CT molecular complexity index is 749. The number of hydrogen-bond acceptors (Lipinski definition) is 4. The van der Waals surface area contributed by atoms with Crippen molar-refractivity contribution in [3.05, 3.63) is 65.7 Å². The van der Waals surface area contributed by atoms with Gasteiger partial charge in [0.05, 0.1) is 18.6 Å². The van der Waals surface area contributed by atoms with Gasteiger partial charge in [0, 0.05) is 18.7 Å². The zero-order valence-corrected chi connectivity index (χ0v) is 15.5. The van der Waals surface area contributed by atoms with Crippen LogP contribution in [0.1, 0.15) is 30.4 Å². The van der Waals surface area contributed by atoms with Crippen LogP contribution >= 0.6 is 0 Å². The molecule has 2 aromatic rings. The summed E-state index contributed by atoms with van der Waals surface area (Å²) in [6.45, 7) is 1.27. The Morgan fingerprint density at radius 2 is 1.78 bits per heavy atom. The number of nitrogens with zero attached hydrogens (tertiary/aromatic N) is 1. The lowest BCUT2D eigenvalue weighted by Crippen LogP contribution is -2.37. The van der Waals surface area contributed by atoms with Gasteiger partial charge >= 0.3 is 0 Å². The van der Waals surface area contributed by atoms with Crippen molar-refractivity contribution in [3.8, 4) is 5.75 Å². The van der Waals surface area contributed by atoms with E-state index in [9.17, 15) is 15.0 Å². The van der Waals surface area contributed by atoms with Gasteiger partial charge in [-0.15, -0.1) is 0 Å². The number of aliphatic hydroxyl groups is 2. The van der Waals surface area contributed by atoms with E-state index < -0.39 is 5.60 Å². The summed E-state index contributed by atoms with van der Waals surface area (Å²) < 4.78 is 5.94. The van der Waals surface area contributed by atoms with Crippen LogP contribution in [-0.2, 0) is 17.8 Å². The molecule has 5 nitrogen and oxygen atoms in total. The van der Waals surface area contributed by atoms with Crippen molar-refractivity contribution in [2.45, 2.75) is 37.9 Å². The van der Waals surface area contributed by atoms with Gasteiger partial charge in [-0.2, -0.15) is 0 Å². The Labute approximate surface area is 160 Å². The van der Waals surface area contributed by atoms with Crippen molar-refractivity contribution in [3.63, 3.8) is 0 Å². The van der Waals surface area contributed by atoms with E-state index in [1.807, 2.05) is 54.6 Å². The monoisotopic (exact) mass is 369 g/mol. The molecule has 0 spiro atoms. The molecule has 5 heteroatoms. The van der Waals surface area contributed by atoms with Crippen LogP contribution in [0.25, 0.3) is 0 Å². The molecule has 2 aromatic carbocycles. The van der Waals surface area contributed by atoms with E-state index in [-0.39, 0.29) is 18.9 Å². The summed E-state index contributed by atoms with van der Waals surface area (Å²) in [6, 6.07) is 17.5. The molecule has 0 radical (unpaired) electrons. The zero-order chi connectivity index (χ0) is 19.1. The number of carbonyl (C=O) groups is 1. The Hall–Kier alpha value is -2.37. The lowest BCUT2D eigenvalue weighted by Gasteiger charge is -2.24. The van der Waals surface area contributed by atoms with E-state index in [2.05, 4.69) is 0 Å². The standard InChI is InChI=1S/C22H27NO4/c24-17-22(26)11-6-13-23(14-12-22)21(25)15-19-9-4-5-10-20(19)27-16-18-7-2-1-3-8-18/h1-5,7-10,24,26H,6,11-17H2/t22-/m1/s1. The van der Waals surface area contributed by atoms with Crippen LogP contribution in [0.4, 0.5) is 0 Å². The number of amides is 1. The van der Waals surface area contributed by atoms with Gasteiger partial charge < -0.3 is 19.8 Å². The van der Waals surface area contributed by atoms with Crippen LogP contribution in [0.3, 0.4) is 0 Å². The van der Waals surface area contributed by atoms with Gasteiger partial charge in [-0.25, -0.2) is 0 Å². The lowest BCUT2D eigenvalue weighted by atomic mass is 9.96. The molecule has 1 saturated heterocycles. The predicted octanol–water partition coefficient (Wildman–Crippen LogP) is 2.54. The fraction of sp³-hybridized carbons (Fsp3) is 0.409. The number of ether oxygens (including phenoxy) is 1. The van der Waals surface area contributed by atoms with Gasteiger partial charge in [0.2, 0.25) is 5.91 Å². The molecular weight excluding hydrogens is 342 g/mol. The Morgan fingerprint density at radius 3 is 2.56 bits per heavy atom. The van der Waals surface area contributed by atoms with Gasteiger partial charge in [0.25, 0.3) is 0 Å². The third-order valence-electron chi connectivity index (χ3n) is 5.12. The van der Waals surface area contributed by atoms with Crippen LogP contribution in [0.2, 0.25) is 0 Å². The van der Waals surface area contributed by atoms with Crippen molar-refractivity contribution >= 4 is 5.91 Å². The second-order valence-electron chi connectivity index (χ2n) is 7.18. The molecule has 144 valence electrons. The summed E-state index contributed by atoms with van der Waals surface area (Å²) in [7, 11) is 0. The fourth-order valence-electron chi connectivity index (χ4n) is 3.39. The molecule has 27 heavy (non-hydrogen) atoms. The number of likely N-dealkylation sites (tertiary alicyclic amines) is 1. The molecule has 0 saturated carbocycles. The highest BCUT2D eigenvalue weighted by molar-refractivity contribution is 5.79. The highest BCUT2D eigenvalue weighted by atomic mass is 16.5. The smallest absolute Gasteiger partial charge is 0.227 e. The first kappa shape index (κ1) is 19.4. The van der Waals surface area contributed by atoms with Gasteiger partial charge in [-0.3, -0.25) is 4.79 Å². The summed E-state index contributed by atoms with van der Waals surface area (Å²) in [5.74, 6) is 0.740. The van der Waals surface area contributed by atoms with E-state index in [1.54, 1.807) is 4.90 Å². The van der Waals surface area contributed by atoms with Gasteiger partial charge in [0.1, 0.15) is 12.4 Å². The Morgan fingerprint density at radius 1 is 1.04 bits per heavy atom. The fourth-order valence-corrected chi connectivity index (χ4v) is 3.39. The van der Waals surface area contributed by atoms with Crippen LogP contribution in [0, 0.1) is 0 Å². The van der Waals surface area contributed by atoms with Crippen molar-refractivity contribution in [1.82, 2.24) is 4.90 Å². The highest BCUT2D eigenvalue weighted by Gasteiger charge is 2.30. The minimum Gasteiger partial charge on any atom is -0.489 e. The summed E-state index contributed by atoms with van der Waals surface area (Å²) in [4.78, 5) is 14.6. The molecule has 0 aliphatic carbocycles. The molecule has 1 aliphatic heterocycles. The van der Waals surface area contributed by atoms with Crippen LogP contribution < -0.4 is 4.74 Å². The molecule has 1 amide bonds. The van der Waals surface area contributed by atoms with E-state index in [0.717, 1.165) is 16.9 Å². The molecule has 0 aromatic heterocycles. The molecular formula is C22H27NO4. The number of rotatable bonds is 6. The zero-order valence-electron chi connectivity index (χ0n) is 15.5. The number of carbonyl (C=O) groups excluding carboxylic acids is 1. The second-order valence-corrected chi connectivity index (χ2v) is 7.18. The molecule has 1 fully saturated rings. The average molecular weight is 369 g/mol. The third-order valence-corrected chi connectivity index (χ3v) is 5.12. The topological polar surface area (TPSA) is 70.0 Å². The molecule has 1 atom stereocenters. The molecule has 0 unspecified atom stereocenters. The maximum atomic E-state index is 12.8. The summed E-state index contributed by atoms with van der Waals surface area (Å²) in [6.07, 6.45) is 1.88. The van der Waals surface area contributed by atoms with Crippen molar-refractivity contribution in [2.75, 3.05) is 19.7 Å². The number of benzene rings is 2. The Balaban J connectivity index is 1.62.